The van der Waals surface area contributed by atoms with Crippen molar-refractivity contribution in [2.24, 2.45) is 0 Å². The maximum absolute atomic E-state index is 9.02. The van der Waals surface area contributed by atoms with Gasteiger partial charge in [0.1, 0.15) is 0 Å². The molecule has 0 spiro atoms. The van der Waals surface area contributed by atoms with E-state index in [1.807, 2.05) is 0 Å². The first-order valence-electron chi connectivity index (χ1n) is 4.01. The van der Waals surface area contributed by atoms with Gasteiger partial charge in [-0.25, -0.2) is 0 Å². The number of rotatable bonds is 2. The quantitative estimate of drug-likeness (QED) is 0.619. The van der Waals surface area contributed by atoms with Gasteiger partial charge < -0.3 is 10.0 Å². The Labute approximate surface area is 62.8 Å². The Kier molecular flexibility index (Phi) is 2.32. The average molecular weight is 143 g/mol. The molecule has 1 rings (SSSR count). The molecule has 1 saturated carbocycles. The van der Waals surface area contributed by atoms with E-state index in [1.54, 1.807) is 0 Å². The fraction of sp³-hybridized carbons (Fsp3) is 1.00. The van der Waals surface area contributed by atoms with E-state index in [0.717, 1.165) is 12.8 Å². The molecule has 1 fully saturated rings. The third-order valence-electron chi connectivity index (χ3n) is 2.48. The molecular formula is C8H17NO. The third kappa shape index (κ3) is 1.50. The Morgan fingerprint density at radius 2 is 1.90 bits per heavy atom. The van der Waals surface area contributed by atoms with Crippen molar-refractivity contribution in [1.82, 2.24) is 4.90 Å². The number of aliphatic hydroxyl groups is 1. The van der Waals surface area contributed by atoms with Gasteiger partial charge in [0.15, 0.2) is 0 Å². The summed E-state index contributed by atoms with van der Waals surface area (Å²) in [6.45, 7) is 4.37. The fourth-order valence-electron chi connectivity index (χ4n) is 1.31. The highest BCUT2D eigenvalue weighted by Gasteiger charge is 2.30. The van der Waals surface area contributed by atoms with Crippen molar-refractivity contribution in [3.8, 4) is 0 Å². The highest BCUT2D eigenvalue weighted by atomic mass is 16.3. The van der Waals surface area contributed by atoms with Crippen LogP contribution in [0.2, 0.25) is 0 Å². The summed E-state index contributed by atoms with van der Waals surface area (Å²) in [4.78, 5) is 2.33. The molecule has 2 nitrogen and oxygen atoms in total. The van der Waals surface area contributed by atoms with Crippen LogP contribution in [0.15, 0.2) is 0 Å². The molecule has 1 aliphatic carbocycles. The molecule has 0 unspecified atom stereocenters. The first kappa shape index (κ1) is 8.02. The summed E-state index contributed by atoms with van der Waals surface area (Å²) in [5.41, 5.74) is 0. The lowest BCUT2D eigenvalue weighted by Crippen LogP contribution is -2.47. The topological polar surface area (TPSA) is 23.5 Å². The van der Waals surface area contributed by atoms with E-state index in [0.29, 0.717) is 12.1 Å². The Morgan fingerprint density at radius 3 is 2.20 bits per heavy atom. The van der Waals surface area contributed by atoms with E-state index in [9.17, 15) is 0 Å². The molecule has 1 aliphatic rings. The molecule has 2 heteroatoms. The Hall–Kier alpha value is -0.0800. The second-order valence-corrected chi connectivity index (χ2v) is 3.54. The van der Waals surface area contributed by atoms with Crippen molar-refractivity contribution in [2.45, 2.75) is 44.9 Å². The average Bonchev–Trinajstić information content (AvgIpc) is 1.79. The van der Waals surface area contributed by atoms with E-state index in [-0.39, 0.29) is 6.10 Å². The van der Waals surface area contributed by atoms with Gasteiger partial charge in [0.25, 0.3) is 0 Å². The number of hydrogen-bond acceptors (Lipinski definition) is 2. The van der Waals surface area contributed by atoms with Crippen LogP contribution < -0.4 is 0 Å². The van der Waals surface area contributed by atoms with Gasteiger partial charge in [-0.1, -0.05) is 0 Å². The molecule has 0 aromatic heterocycles. The van der Waals surface area contributed by atoms with Crippen molar-refractivity contribution in [1.29, 1.82) is 0 Å². The maximum Gasteiger partial charge on any atom is 0.0570 e. The van der Waals surface area contributed by atoms with Crippen LogP contribution in [-0.2, 0) is 0 Å². The monoisotopic (exact) mass is 143 g/mol. The van der Waals surface area contributed by atoms with Crippen LogP contribution in [0.1, 0.15) is 26.7 Å². The van der Waals surface area contributed by atoms with Crippen molar-refractivity contribution < 1.29 is 5.11 Å². The van der Waals surface area contributed by atoms with Gasteiger partial charge in [0, 0.05) is 12.1 Å². The minimum Gasteiger partial charge on any atom is -0.393 e. The molecule has 0 radical (unpaired) electrons. The van der Waals surface area contributed by atoms with Crippen molar-refractivity contribution >= 4 is 0 Å². The van der Waals surface area contributed by atoms with Crippen LogP contribution in [0, 0.1) is 0 Å². The van der Waals surface area contributed by atoms with Crippen LogP contribution in [-0.4, -0.2) is 35.2 Å². The third-order valence-corrected chi connectivity index (χ3v) is 2.48. The zero-order chi connectivity index (χ0) is 7.72. The standard InChI is InChI=1S/C8H17NO/c1-6(2)9(3)7-4-8(10)5-7/h6-8,10H,4-5H2,1-3H3. The Morgan fingerprint density at radius 1 is 1.40 bits per heavy atom. The molecule has 0 aliphatic heterocycles. The molecule has 0 atom stereocenters. The molecule has 0 amide bonds. The smallest absolute Gasteiger partial charge is 0.0570 e. The lowest BCUT2D eigenvalue weighted by molar-refractivity contribution is 0.00124. The van der Waals surface area contributed by atoms with Gasteiger partial charge in [-0.15, -0.1) is 0 Å². The van der Waals surface area contributed by atoms with E-state index >= 15 is 0 Å². The minimum atomic E-state index is -0.0220. The molecule has 1 N–H and O–H groups in total. The number of nitrogens with zero attached hydrogens (tertiary/aromatic N) is 1. The maximum atomic E-state index is 9.02. The van der Waals surface area contributed by atoms with E-state index < -0.39 is 0 Å². The summed E-state index contributed by atoms with van der Waals surface area (Å²) in [5, 5.41) is 9.02. The van der Waals surface area contributed by atoms with Crippen molar-refractivity contribution in [3.05, 3.63) is 0 Å². The summed E-state index contributed by atoms with van der Waals surface area (Å²) in [6, 6.07) is 1.24. The van der Waals surface area contributed by atoms with E-state index in [2.05, 4.69) is 25.8 Å². The highest BCUT2D eigenvalue weighted by molar-refractivity contribution is 4.86. The zero-order valence-corrected chi connectivity index (χ0v) is 7.04. The Balaban J connectivity index is 2.24. The van der Waals surface area contributed by atoms with Crippen LogP contribution in [0.5, 0.6) is 0 Å². The summed E-state index contributed by atoms with van der Waals surface area (Å²) in [6.07, 6.45) is 1.91. The first-order valence-corrected chi connectivity index (χ1v) is 4.01. The van der Waals surface area contributed by atoms with Gasteiger partial charge in [0.05, 0.1) is 6.10 Å². The minimum absolute atomic E-state index is 0.0220. The number of aliphatic hydroxyl groups excluding tert-OH is 1. The normalized spacial score (nSPS) is 33.0. The summed E-state index contributed by atoms with van der Waals surface area (Å²) in [5.74, 6) is 0. The Bertz CT molecular complexity index is 108. The lowest BCUT2D eigenvalue weighted by atomic mass is 9.88. The van der Waals surface area contributed by atoms with Crippen molar-refractivity contribution in [2.75, 3.05) is 7.05 Å². The summed E-state index contributed by atoms with van der Waals surface area (Å²) >= 11 is 0. The van der Waals surface area contributed by atoms with Crippen LogP contribution >= 0.6 is 0 Å². The lowest BCUT2D eigenvalue weighted by Gasteiger charge is -2.40. The number of hydrogen-bond donors (Lipinski definition) is 1. The van der Waals surface area contributed by atoms with Gasteiger partial charge in [-0.3, -0.25) is 0 Å². The second kappa shape index (κ2) is 2.89. The van der Waals surface area contributed by atoms with Crippen LogP contribution in [0.3, 0.4) is 0 Å². The summed E-state index contributed by atoms with van der Waals surface area (Å²) < 4.78 is 0. The predicted octanol–water partition coefficient (Wildman–Crippen LogP) is 0.850. The highest BCUT2D eigenvalue weighted by Crippen LogP contribution is 2.25. The molecule has 60 valence electrons. The van der Waals surface area contributed by atoms with E-state index in [4.69, 9.17) is 5.11 Å². The predicted molar refractivity (Wildman–Crippen MR) is 41.9 cm³/mol. The molecule has 0 heterocycles. The molecule has 0 saturated heterocycles. The summed E-state index contributed by atoms with van der Waals surface area (Å²) in [7, 11) is 2.13. The van der Waals surface area contributed by atoms with Gasteiger partial charge in [0.2, 0.25) is 0 Å². The largest absolute Gasteiger partial charge is 0.393 e. The zero-order valence-electron chi connectivity index (χ0n) is 7.04. The van der Waals surface area contributed by atoms with Gasteiger partial charge in [-0.05, 0) is 33.7 Å². The van der Waals surface area contributed by atoms with Crippen LogP contribution in [0.25, 0.3) is 0 Å². The molecule has 0 aromatic rings. The molecule has 0 bridgehead atoms. The molecular weight excluding hydrogens is 126 g/mol. The van der Waals surface area contributed by atoms with Crippen molar-refractivity contribution in [3.63, 3.8) is 0 Å². The first-order chi connectivity index (χ1) is 4.61. The van der Waals surface area contributed by atoms with E-state index in [1.165, 1.54) is 0 Å². The van der Waals surface area contributed by atoms with Crippen LogP contribution in [0.4, 0.5) is 0 Å². The SMILES string of the molecule is CC(C)N(C)C1CC(O)C1. The molecule has 10 heavy (non-hydrogen) atoms. The fourth-order valence-corrected chi connectivity index (χ4v) is 1.31. The van der Waals surface area contributed by atoms with Gasteiger partial charge >= 0.3 is 0 Å². The van der Waals surface area contributed by atoms with Gasteiger partial charge in [-0.2, -0.15) is 0 Å². The molecule has 0 aromatic carbocycles. The second-order valence-electron chi connectivity index (χ2n) is 3.54.